The summed E-state index contributed by atoms with van der Waals surface area (Å²) in [4.78, 5) is 13.3. The molecule has 1 atom stereocenters. The van der Waals surface area contributed by atoms with E-state index in [-0.39, 0.29) is 36.0 Å². The van der Waals surface area contributed by atoms with Crippen LogP contribution in [0.25, 0.3) is 0 Å². The van der Waals surface area contributed by atoms with Crippen LogP contribution in [-0.4, -0.2) is 41.7 Å². The van der Waals surface area contributed by atoms with Crippen LogP contribution < -0.4 is 4.72 Å². The minimum atomic E-state index is -5.57. The van der Waals surface area contributed by atoms with Crippen LogP contribution in [0.15, 0.2) is 29.4 Å². The Morgan fingerprint density at radius 2 is 2.00 bits per heavy atom. The van der Waals surface area contributed by atoms with Gasteiger partial charge in [-0.25, -0.2) is 0 Å². The van der Waals surface area contributed by atoms with Crippen molar-refractivity contribution >= 4 is 27.3 Å². The predicted octanol–water partition coefficient (Wildman–Crippen LogP) is 1.90. The highest BCUT2D eigenvalue weighted by Gasteiger charge is 2.46. The lowest BCUT2D eigenvalue weighted by molar-refractivity contribution is -0.124. The van der Waals surface area contributed by atoms with Crippen LogP contribution in [0.5, 0.6) is 0 Å². The molecule has 0 bridgehead atoms. The predicted molar refractivity (Wildman–Crippen MR) is 78.9 cm³/mol. The molecule has 0 saturated carbocycles. The van der Waals surface area contributed by atoms with Crippen LogP contribution in [0.1, 0.15) is 18.9 Å². The monoisotopic (exact) mass is 365 g/mol. The second-order valence-corrected chi connectivity index (χ2v) is 6.92. The standard InChI is InChI=1S/C13H14F3N3O4S/c1-8-6-11(17-21)12(20)19(8)7-9-4-2-3-5-10(9)18-24(22,23)13(14,15)16/h2-5,8,18,21H,6-7H2,1H3/b17-11-. The number of alkyl halides is 3. The summed E-state index contributed by atoms with van der Waals surface area (Å²) in [5.74, 6) is -0.557. The molecule has 1 amide bonds. The number of hydrogen-bond acceptors (Lipinski definition) is 5. The molecule has 2 N–H and O–H groups in total. The fourth-order valence-corrected chi connectivity index (χ4v) is 2.90. The number of likely N-dealkylation sites (tertiary alicyclic amines) is 1. The molecule has 0 aromatic heterocycles. The van der Waals surface area contributed by atoms with Gasteiger partial charge in [0, 0.05) is 19.0 Å². The van der Waals surface area contributed by atoms with Crippen molar-refractivity contribution < 1.29 is 31.6 Å². The van der Waals surface area contributed by atoms with Crippen molar-refractivity contribution in [1.82, 2.24) is 4.90 Å². The highest BCUT2D eigenvalue weighted by molar-refractivity contribution is 7.93. The summed E-state index contributed by atoms with van der Waals surface area (Å²) >= 11 is 0. The zero-order valence-electron chi connectivity index (χ0n) is 12.4. The number of nitrogens with zero attached hydrogens (tertiary/aromatic N) is 2. The van der Waals surface area contributed by atoms with Crippen molar-refractivity contribution in [3.63, 3.8) is 0 Å². The van der Waals surface area contributed by atoms with E-state index >= 15 is 0 Å². The Kier molecular flexibility index (Phi) is 4.74. The summed E-state index contributed by atoms with van der Waals surface area (Å²) in [6, 6.07) is 5.11. The number of benzene rings is 1. The molecular weight excluding hydrogens is 351 g/mol. The van der Waals surface area contributed by atoms with Crippen molar-refractivity contribution in [3.8, 4) is 0 Å². The van der Waals surface area contributed by atoms with Gasteiger partial charge in [-0.1, -0.05) is 23.4 Å². The molecule has 1 fully saturated rings. The van der Waals surface area contributed by atoms with Gasteiger partial charge < -0.3 is 10.1 Å². The number of amides is 1. The molecule has 1 aliphatic rings. The van der Waals surface area contributed by atoms with Crippen LogP contribution in [0.4, 0.5) is 18.9 Å². The van der Waals surface area contributed by atoms with E-state index in [4.69, 9.17) is 5.21 Å². The van der Waals surface area contributed by atoms with E-state index in [0.29, 0.717) is 0 Å². The molecule has 1 aromatic carbocycles. The number of rotatable bonds is 4. The van der Waals surface area contributed by atoms with Gasteiger partial charge in [0.05, 0.1) is 5.69 Å². The number of halogens is 3. The van der Waals surface area contributed by atoms with Gasteiger partial charge >= 0.3 is 15.5 Å². The molecule has 132 valence electrons. The highest BCUT2D eigenvalue weighted by atomic mass is 32.2. The van der Waals surface area contributed by atoms with Crippen molar-refractivity contribution in [2.24, 2.45) is 5.16 Å². The second-order valence-electron chi connectivity index (χ2n) is 5.24. The lowest BCUT2D eigenvalue weighted by Gasteiger charge is -2.22. The van der Waals surface area contributed by atoms with Crippen molar-refractivity contribution in [2.75, 3.05) is 4.72 Å². The third kappa shape index (κ3) is 3.45. The Bertz CT molecular complexity index is 777. The maximum absolute atomic E-state index is 12.5. The van der Waals surface area contributed by atoms with E-state index in [2.05, 4.69) is 5.16 Å². The lowest BCUT2D eigenvalue weighted by atomic mass is 10.1. The molecule has 1 aromatic rings. The van der Waals surface area contributed by atoms with Crippen LogP contribution >= 0.6 is 0 Å². The summed E-state index contributed by atoms with van der Waals surface area (Å²) in [5.41, 5.74) is -5.60. The van der Waals surface area contributed by atoms with E-state index in [9.17, 15) is 26.4 Å². The summed E-state index contributed by atoms with van der Waals surface area (Å²) in [6.07, 6.45) is 0.186. The Labute approximate surface area is 135 Å². The van der Waals surface area contributed by atoms with E-state index in [0.717, 1.165) is 0 Å². The van der Waals surface area contributed by atoms with Gasteiger partial charge in [0.2, 0.25) is 0 Å². The quantitative estimate of drug-likeness (QED) is 0.629. The summed E-state index contributed by atoms with van der Waals surface area (Å²) in [5, 5.41) is 11.6. The van der Waals surface area contributed by atoms with Gasteiger partial charge in [0.25, 0.3) is 5.91 Å². The Morgan fingerprint density at radius 1 is 1.38 bits per heavy atom. The molecule has 7 nitrogen and oxygen atoms in total. The summed E-state index contributed by atoms with van der Waals surface area (Å²) in [6.45, 7) is 1.55. The molecule has 1 aliphatic heterocycles. The Morgan fingerprint density at radius 3 is 2.54 bits per heavy atom. The molecular formula is C13H14F3N3O4S. The molecule has 2 rings (SSSR count). The van der Waals surface area contributed by atoms with Gasteiger partial charge in [0.15, 0.2) is 0 Å². The first-order valence-corrected chi connectivity index (χ1v) is 8.24. The molecule has 1 heterocycles. The maximum Gasteiger partial charge on any atom is 0.516 e. The van der Waals surface area contributed by atoms with Crippen LogP contribution in [0.2, 0.25) is 0 Å². The van der Waals surface area contributed by atoms with Crippen molar-refractivity contribution in [2.45, 2.75) is 31.4 Å². The average Bonchev–Trinajstić information content (AvgIpc) is 2.75. The van der Waals surface area contributed by atoms with Crippen LogP contribution in [-0.2, 0) is 21.4 Å². The van der Waals surface area contributed by atoms with Crippen LogP contribution in [0.3, 0.4) is 0 Å². The van der Waals surface area contributed by atoms with E-state index in [1.807, 2.05) is 0 Å². The maximum atomic E-state index is 12.5. The lowest BCUT2D eigenvalue weighted by Crippen LogP contribution is -2.33. The second kappa shape index (κ2) is 6.30. The van der Waals surface area contributed by atoms with Gasteiger partial charge in [-0.05, 0) is 18.6 Å². The number of nitrogens with one attached hydrogen (secondary N) is 1. The minimum Gasteiger partial charge on any atom is -0.410 e. The molecule has 1 saturated heterocycles. The van der Waals surface area contributed by atoms with Crippen LogP contribution in [0, 0.1) is 0 Å². The number of hydrogen-bond donors (Lipinski definition) is 2. The molecule has 11 heteroatoms. The molecule has 0 radical (unpaired) electrons. The first kappa shape index (κ1) is 18.0. The zero-order valence-corrected chi connectivity index (χ0v) is 13.2. The Balaban J connectivity index is 2.29. The normalized spacial score (nSPS) is 20.7. The SMILES string of the molecule is CC1C/C(=N/O)C(=O)N1Cc1ccccc1NS(=O)(=O)C(F)(F)F. The Hall–Kier alpha value is -2.30. The first-order chi connectivity index (χ1) is 11.1. The molecule has 24 heavy (non-hydrogen) atoms. The third-order valence-corrected chi connectivity index (χ3v) is 4.65. The van der Waals surface area contributed by atoms with Gasteiger partial charge in [-0.15, -0.1) is 0 Å². The largest absolute Gasteiger partial charge is 0.516 e. The first-order valence-electron chi connectivity index (χ1n) is 6.75. The van der Waals surface area contributed by atoms with Gasteiger partial charge in [-0.3, -0.25) is 9.52 Å². The average molecular weight is 365 g/mol. The van der Waals surface area contributed by atoms with E-state index in [1.165, 1.54) is 33.9 Å². The zero-order chi connectivity index (χ0) is 18.1. The highest BCUT2D eigenvalue weighted by Crippen LogP contribution is 2.28. The number of carbonyl (C=O) groups excluding carboxylic acids is 1. The molecule has 1 unspecified atom stereocenters. The fourth-order valence-electron chi connectivity index (χ4n) is 2.30. The minimum absolute atomic E-state index is 0.0594. The third-order valence-electron chi connectivity index (χ3n) is 3.56. The number of anilines is 1. The van der Waals surface area contributed by atoms with E-state index in [1.54, 1.807) is 6.92 Å². The summed E-state index contributed by atoms with van der Waals surface area (Å²) < 4.78 is 61.6. The van der Waals surface area contributed by atoms with Gasteiger partial charge in [-0.2, -0.15) is 21.6 Å². The number of oxime groups is 1. The smallest absolute Gasteiger partial charge is 0.410 e. The van der Waals surface area contributed by atoms with Gasteiger partial charge in [0.1, 0.15) is 5.71 Å². The number of sulfonamides is 1. The van der Waals surface area contributed by atoms with E-state index < -0.39 is 21.4 Å². The fraction of sp³-hybridized carbons (Fsp3) is 0.385. The number of para-hydroxylation sites is 1. The topological polar surface area (TPSA) is 99.1 Å². The molecule has 0 spiro atoms. The number of carbonyl (C=O) groups is 1. The molecule has 0 aliphatic carbocycles. The summed E-state index contributed by atoms with van der Waals surface area (Å²) in [7, 11) is -5.57. The van der Waals surface area contributed by atoms with Crippen molar-refractivity contribution in [1.29, 1.82) is 0 Å². The van der Waals surface area contributed by atoms with Crippen molar-refractivity contribution in [3.05, 3.63) is 29.8 Å².